The average Bonchev–Trinajstić information content (AvgIpc) is 2.26. The largest absolute Gasteiger partial charge is 0.229 e. The summed E-state index contributed by atoms with van der Waals surface area (Å²) in [5.74, 6) is -0.199. The molecule has 1 rings (SSSR count). The lowest BCUT2D eigenvalue weighted by Gasteiger charge is -2.18. The molecule has 0 aromatic heterocycles. The van der Waals surface area contributed by atoms with Gasteiger partial charge in [0.05, 0.1) is 11.5 Å². The molecule has 1 aromatic rings. The molecule has 0 radical (unpaired) electrons. The van der Waals surface area contributed by atoms with Crippen molar-refractivity contribution < 1.29 is 12.8 Å². The van der Waals surface area contributed by atoms with Crippen molar-refractivity contribution in [3.05, 3.63) is 35.6 Å². The fourth-order valence-corrected chi connectivity index (χ4v) is 3.90. The Morgan fingerprint density at radius 3 is 2.45 bits per heavy atom. The maximum Gasteiger partial charge on any atom is 0.150 e. The molecule has 0 aliphatic heterocycles. The van der Waals surface area contributed by atoms with Gasteiger partial charge in [0.2, 0.25) is 0 Å². The first-order chi connectivity index (χ1) is 9.09. The van der Waals surface area contributed by atoms with Crippen molar-refractivity contribution in [3.63, 3.8) is 0 Å². The maximum atomic E-state index is 13.1. The van der Waals surface area contributed by atoms with E-state index in [1.165, 1.54) is 12.1 Å². The van der Waals surface area contributed by atoms with Crippen molar-refractivity contribution in [1.29, 1.82) is 0 Å². The van der Waals surface area contributed by atoms with E-state index >= 15 is 0 Å². The molecule has 1 atom stereocenters. The van der Waals surface area contributed by atoms with Gasteiger partial charge in [0, 0.05) is 0 Å². The van der Waals surface area contributed by atoms with E-state index in [1.807, 2.05) is 6.92 Å². The fraction of sp³-hybridized carbons (Fsp3) is 0.625. The van der Waals surface area contributed by atoms with Crippen LogP contribution >= 0.6 is 0 Å². The van der Waals surface area contributed by atoms with Gasteiger partial charge in [-0.05, 0) is 41.9 Å². The highest BCUT2D eigenvalue weighted by atomic mass is 32.2. The van der Waals surface area contributed by atoms with Crippen LogP contribution in [0.2, 0.25) is 0 Å². The molecule has 0 unspecified atom stereocenters. The third-order valence-electron chi connectivity index (χ3n) is 3.30. The van der Waals surface area contributed by atoms with Crippen LogP contribution in [-0.4, -0.2) is 19.9 Å². The van der Waals surface area contributed by atoms with E-state index in [1.54, 1.807) is 12.1 Å². The Hall–Kier alpha value is -0.900. The Kier molecular flexibility index (Phi) is 5.75. The molecule has 2 nitrogen and oxygen atoms in total. The van der Waals surface area contributed by atoms with Gasteiger partial charge in [-0.15, -0.1) is 0 Å². The molecule has 0 amide bonds. The van der Waals surface area contributed by atoms with E-state index in [9.17, 15) is 12.8 Å². The Morgan fingerprint density at radius 2 is 1.90 bits per heavy atom. The molecular formula is C16H25FO2S. The summed E-state index contributed by atoms with van der Waals surface area (Å²) in [5, 5.41) is 0. The summed E-state index contributed by atoms with van der Waals surface area (Å²) < 4.78 is 37.3. The van der Waals surface area contributed by atoms with Gasteiger partial charge in [0.1, 0.15) is 5.82 Å². The topological polar surface area (TPSA) is 34.1 Å². The monoisotopic (exact) mass is 300 g/mol. The van der Waals surface area contributed by atoms with E-state index in [4.69, 9.17) is 0 Å². The van der Waals surface area contributed by atoms with Crippen molar-refractivity contribution in [3.8, 4) is 0 Å². The van der Waals surface area contributed by atoms with Gasteiger partial charge in [-0.3, -0.25) is 0 Å². The SMILES string of the molecule is C[C@@H](CS(=O)(=O)CCCC(C)(C)C)c1cccc(F)c1. The first-order valence-corrected chi connectivity index (χ1v) is 8.87. The summed E-state index contributed by atoms with van der Waals surface area (Å²) >= 11 is 0. The quantitative estimate of drug-likeness (QED) is 0.790. The standard InChI is InChI=1S/C16H25FO2S/c1-13(14-7-5-8-15(17)11-14)12-20(18,19)10-6-9-16(2,3)4/h5,7-8,11,13H,6,9-10,12H2,1-4H3/t13-/m0/s1. The smallest absolute Gasteiger partial charge is 0.150 e. The minimum absolute atomic E-state index is 0.0839. The van der Waals surface area contributed by atoms with Crippen LogP contribution in [0.3, 0.4) is 0 Å². The normalized spacial score (nSPS) is 14.2. The second-order valence-corrected chi connectivity index (χ2v) is 8.96. The average molecular weight is 300 g/mol. The summed E-state index contributed by atoms with van der Waals surface area (Å²) in [4.78, 5) is 0. The predicted octanol–water partition coefficient (Wildman–Crippen LogP) is 4.17. The second-order valence-electron chi connectivity index (χ2n) is 6.73. The highest BCUT2D eigenvalue weighted by Crippen LogP contribution is 2.23. The zero-order valence-corrected chi connectivity index (χ0v) is 13.6. The van der Waals surface area contributed by atoms with Gasteiger partial charge in [-0.1, -0.05) is 39.8 Å². The molecular weight excluding hydrogens is 275 g/mol. The van der Waals surface area contributed by atoms with Crippen LogP contribution in [0.5, 0.6) is 0 Å². The third-order valence-corrected chi connectivity index (χ3v) is 5.22. The second kappa shape index (κ2) is 6.70. The molecule has 0 N–H and O–H groups in total. The summed E-state index contributed by atoms with van der Waals surface area (Å²) in [6, 6.07) is 6.18. The summed E-state index contributed by atoms with van der Waals surface area (Å²) in [6.07, 6.45) is 1.57. The zero-order chi connectivity index (χ0) is 15.4. The van der Waals surface area contributed by atoms with E-state index in [0.717, 1.165) is 12.0 Å². The van der Waals surface area contributed by atoms with Crippen LogP contribution in [0.25, 0.3) is 0 Å². The van der Waals surface area contributed by atoms with E-state index in [0.29, 0.717) is 6.42 Å². The third kappa shape index (κ3) is 6.51. The van der Waals surface area contributed by atoms with Gasteiger partial charge < -0.3 is 0 Å². The molecule has 0 saturated heterocycles. The van der Waals surface area contributed by atoms with Gasteiger partial charge in [-0.2, -0.15) is 0 Å². The Balaban J connectivity index is 2.58. The molecule has 0 aliphatic carbocycles. The lowest BCUT2D eigenvalue weighted by molar-refractivity contribution is 0.373. The number of hydrogen-bond donors (Lipinski definition) is 0. The zero-order valence-electron chi connectivity index (χ0n) is 12.8. The highest BCUT2D eigenvalue weighted by molar-refractivity contribution is 7.91. The van der Waals surface area contributed by atoms with E-state index in [2.05, 4.69) is 20.8 Å². The number of benzene rings is 1. The minimum Gasteiger partial charge on any atom is -0.229 e. The molecule has 114 valence electrons. The molecule has 0 bridgehead atoms. The first-order valence-electron chi connectivity index (χ1n) is 7.05. The summed E-state index contributed by atoms with van der Waals surface area (Å²) in [6.45, 7) is 8.15. The van der Waals surface area contributed by atoms with Crippen LogP contribution in [0.4, 0.5) is 4.39 Å². The molecule has 0 fully saturated rings. The first kappa shape index (κ1) is 17.2. The lowest BCUT2D eigenvalue weighted by Crippen LogP contribution is -2.17. The molecule has 1 aromatic carbocycles. The molecule has 0 saturated carbocycles. The van der Waals surface area contributed by atoms with Crippen molar-refractivity contribution in [2.24, 2.45) is 5.41 Å². The number of sulfone groups is 1. The molecule has 0 spiro atoms. The van der Waals surface area contributed by atoms with Crippen LogP contribution in [0.1, 0.15) is 52.0 Å². The number of rotatable bonds is 6. The Bertz CT molecular complexity index is 530. The molecule has 20 heavy (non-hydrogen) atoms. The number of hydrogen-bond acceptors (Lipinski definition) is 2. The van der Waals surface area contributed by atoms with Gasteiger partial charge in [0.15, 0.2) is 9.84 Å². The van der Waals surface area contributed by atoms with E-state index < -0.39 is 9.84 Å². The summed E-state index contributed by atoms with van der Waals surface area (Å²) in [7, 11) is -3.09. The van der Waals surface area contributed by atoms with Crippen molar-refractivity contribution in [2.75, 3.05) is 11.5 Å². The van der Waals surface area contributed by atoms with Gasteiger partial charge in [0.25, 0.3) is 0 Å². The van der Waals surface area contributed by atoms with Crippen LogP contribution < -0.4 is 0 Å². The van der Waals surface area contributed by atoms with Crippen molar-refractivity contribution in [1.82, 2.24) is 0 Å². The maximum absolute atomic E-state index is 13.1. The van der Waals surface area contributed by atoms with Crippen LogP contribution in [-0.2, 0) is 9.84 Å². The van der Waals surface area contributed by atoms with Crippen molar-refractivity contribution >= 4 is 9.84 Å². The molecule has 0 heterocycles. The van der Waals surface area contributed by atoms with Gasteiger partial charge >= 0.3 is 0 Å². The van der Waals surface area contributed by atoms with Gasteiger partial charge in [-0.25, -0.2) is 12.8 Å². The summed E-state index contributed by atoms with van der Waals surface area (Å²) in [5.41, 5.74) is 0.897. The number of halogens is 1. The molecule has 4 heteroatoms. The predicted molar refractivity (Wildman–Crippen MR) is 82.2 cm³/mol. The van der Waals surface area contributed by atoms with E-state index in [-0.39, 0.29) is 28.7 Å². The van der Waals surface area contributed by atoms with Crippen molar-refractivity contribution in [2.45, 2.75) is 46.5 Å². The van der Waals surface area contributed by atoms with Crippen LogP contribution in [0, 0.1) is 11.2 Å². The lowest BCUT2D eigenvalue weighted by atomic mass is 9.91. The van der Waals surface area contributed by atoms with Crippen LogP contribution in [0.15, 0.2) is 24.3 Å². The minimum atomic E-state index is -3.09. The Morgan fingerprint density at radius 1 is 1.25 bits per heavy atom. The Labute approximate surface area is 122 Å². The fourth-order valence-electron chi connectivity index (χ4n) is 2.20. The molecule has 0 aliphatic rings. The highest BCUT2D eigenvalue weighted by Gasteiger charge is 2.19.